The molecule has 18 heavy (non-hydrogen) atoms. The SMILES string of the molecule is CC(CN)CNS(=O)(=O)c1ccccc1[N+](=O)[O-]. The molecular formula is C10H15N3O4S. The van der Waals surface area contributed by atoms with Gasteiger partial charge in [-0.3, -0.25) is 10.1 Å². The second-order valence-corrected chi connectivity index (χ2v) is 5.65. The van der Waals surface area contributed by atoms with Crippen LogP contribution in [0.5, 0.6) is 0 Å². The number of nitrogens with zero attached hydrogens (tertiary/aromatic N) is 1. The number of hydrogen-bond donors (Lipinski definition) is 2. The normalized spacial score (nSPS) is 13.2. The molecule has 0 bridgehead atoms. The molecule has 0 saturated carbocycles. The summed E-state index contributed by atoms with van der Waals surface area (Å²) in [6.45, 7) is 2.26. The number of nitrogens with one attached hydrogen (secondary N) is 1. The van der Waals surface area contributed by atoms with Gasteiger partial charge in [0.2, 0.25) is 10.0 Å². The van der Waals surface area contributed by atoms with Crippen molar-refractivity contribution in [1.29, 1.82) is 0 Å². The molecule has 0 aromatic heterocycles. The Kier molecular flexibility index (Phi) is 4.76. The first-order valence-corrected chi connectivity index (χ1v) is 6.80. The second kappa shape index (κ2) is 5.89. The third-order valence-electron chi connectivity index (χ3n) is 2.38. The van der Waals surface area contributed by atoms with Crippen LogP contribution < -0.4 is 10.5 Å². The lowest BCUT2D eigenvalue weighted by molar-refractivity contribution is -0.387. The van der Waals surface area contributed by atoms with E-state index in [0.717, 1.165) is 6.07 Å². The first-order valence-electron chi connectivity index (χ1n) is 5.31. The standard InChI is InChI=1S/C10H15N3O4S/c1-8(6-11)7-12-18(16,17)10-5-3-2-4-9(10)13(14)15/h2-5,8,12H,6-7,11H2,1H3. The fourth-order valence-electron chi connectivity index (χ4n) is 1.25. The zero-order chi connectivity index (χ0) is 13.8. The summed E-state index contributed by atoms with van der Waals surface area (Å²) in [6, 6.07) is 5.21. The highest BCUT2D eigenvalue weighted by molar-refractivity contribution is 7.89. The molecule has 1 aromatic rings. The maximum Gasteiger partial charge on any atom is 0.289 e. The monoisotopic (exact) mass is 273 g/mol. The Morgan fingerprint density at radius 1 is 1.44 bits per heavy atom. The van der Waals surface area contributed by atoms with Gasteiger partial charge in [0.1, 0.15) is 0 Å². The highest BCUT2D eigenvalue weighted by atomic mass is 32.2. The van der Waals surface area contributed by atoms with Crippen molar-refractivity contribution in [3.8, 4) is 0 Å². The molecule has 3 N–H and O–H groups in total. The predicted molar refractivity (Wildman–Crippen MR) is 66.5 cm³/mol. The van der Waals surface area contributed by atoms with Gasteiger partial charge in [0.15, 0.2) is 4.90 Å². The lowest BCUT2D eigenvalue weighted by Crippen LogP contribution is -2.31. The van der Waals surface area contributed by atoms with E-state index in [1.165, 1.54) is 18.2 Å². The Hall–Kier alpha value is -1.51. The zero-order valence-corrected chi connectivity index (χ0v) is 10.7. The van der Waals surface area contributed by atoms with E-state index in [-0.39, 0.29) is 17.4 Å². The van der Waals surface area contributed by atoms with Crippen LogP contribution in [-0.4, -0.2) is 26.4 Å². The van der Waals surface area contributed by atoms with Gasteiger partial charge < -0.3 is 5.73 Å². The zero-order valence-electron chi connectivity index (χ0n) is 9.87. The summed E-state index contributed by atoms with van der Waals surface area (Å²) < 4.78 is 26.2. The third kappa shape index (κ3) is 3.49. The van der Waals surface area contributed by atoms with Gasteiger partial charge in [-0.1, -0.05) is 19.1 Å². The van der Waals surface area contributed by atoms with Gasteiger partial charge in [-0.25, -0.2) is 13.1 Å². The Bertz CT molecular complexity index is 530. The van der Waals surface area contributed by atoms with E-state index in [0.29, 0.717) is 6.54 Å². The summed E-state index contributed by atoms with van der Waals surface area (Å²) in [5.74, 6) is -0.0393. The third-order valence-corrected chi connectivity index (χ3v) is 3.85. The highest BCUT2D eigenvalue weighted by Gasteiger charge is 2.24. The molecule has 1 atom stereocenters. The highest BCUT2D eigenvalue weighted by Crippen LogP contribution is 2.22. The minimum atomic E-state index is -3.89. The van der Waals surface area contributed by atoms with Crippen LogP contribution >= 0.6 is 0 Å². The molecule has 1 rings (SSSR count). The van der Waals surface area contributed by atoms with Gasteiger partial charge in [-0.15, -0.1) is 0 Å². The molecule has 0 saturated heterocycles. The molecule has 0 spiro atoms. The van der Waals surface area contributed by atoms with Gasteiger partial charge in [0, 0.05) is 12.6 Å². The van der Waals surface area contributed by atoms with E-state index >= 15 is 0 Å². The van der Waals surface area contributed by atoms with Crippen LogP contribution in [0.15, 0.2) is 29.2 Å². The maximum absolute atomic E-state index is 11.9. The van der Waals surface area contributed by atoms with E-state index in [4.69, 9.17) is 5.73 Å². The van der Waals surface area contributed by atoms with E-state index < -0.39 is 20.6 Å². The molecule has 0 radical (unpaired) electrons. The lowest BCUT2D eigenvalue weighted by atomic mass is 10.2. The van der Waals surface area contributed by atoms with Gasteiger partial charge >= 0.3 is 0 Å². The Morgan fingerprint density at radius 2 is 2.06 bits per heavy atom. The fourth-order valence-corrected chi connectivity index (χ4v) is 2.58. The first-order chi connectivity index (χ1) is 8.38. The average Bonchev–Trinajstić information content (AvgIpc) is 2.36. The summed E-state index contributed by atoms with van der Waals surface area (Å²) in [6.07, 6.45) is 0. The topological polar surface area (TPSA) is 115 Å². The van der Waals surface area contributed by atoms with Crippen molar-refractivity contribution >= 4 is 15.7 Å². The summed E-state index contributed by atoms with van der Waals surface area (Å²) in [5, 5.41) is 10.8. The van der Waals surface area contributed by atoms with Gasteiger partial charge in [-0.05, 0) is 18.5 Å². The number of rotatable bonds is 6. The maximum atomic E-state index is 11.9. The Labute approximate surface area is 105 Å². The van der Waals surface area contributed by atoms with E-state index in [2.05, 4.69) is 4.72 Å². The van der Waals surface area contributed by atoms with Crippen LogP contribution in [0.3, 0.4) is 0 Å². The molecule has 0 aliphatic rings. The van der Waals surface area contributed by atoms with Crippen molar-refractivity contribution in [3.05, 3.63) is 34.4 Å². The van der Waals surface area contributed by atoms with Crippen molar-refractivity contribution < 1.29 is 13.3 Å². The van der Waals surface area contributed by atoms with Crippen molar-refractivity contribution in [3.63, 3.8) is 0 Å². The molecule has 0 heterocycles. The number of para-hydroxylation sites is 1. The van der Waals surface area contributed by atoms with Gasteiger partial charge in [-0.2, -0.15) is 0 Å². The largest absolute Gasteiger partial charge is 0.330 e. The molecule has 0 amide bonds. The van der Waals surface area contributed by atoms with E-state index in [1.54, 1.807) is 6.92 Å². The van der Waals surface area contributed by atoms with Crippen LogP contribution in [0, 0.1) is 16.0 Å². The molecule has 0 fully saturated rings. The average molecular weight is 273 g/mol. The van der Waals surface area contributed by atoms with Crippen molar-refractivity contribution in [2.45, 2.75) is 11.8 Å². The fraction of sp³-hybridized carbons (Fsp3) is 0.400. The number of benzene rings is 1. The number of sulfonamides is 1. The number of hydrogen-bond acceptors (Lipinski definition) is 5. The Morgan fingerprint density at radius 3 is 2.61 bits per heavy atom. The van der Waals surface area contributed by atoms with Gasteiger partial charge in [0.25, 0.3) is 5.69 Å². The molecule has 7 nitrogen and oxygen atoms in total. The molecule has 0 aliphatic carbocycles. The van der Waals surface area contributed by atoms with E-state index in [9.17, 15) is 18.5 Å². The smallest absolute Gasteiger partial charge is 0.289 e. The van der Waals surface area contributed by atoms with Crippen molar-refractivity contribution in [2.24, 2.45) is 11.7 Å². The van der Waals surface area contributed by atoms with Crippen molar-refractivity contribution in [2.75, 3.05) is 13.1 Å². The predicted octanol–water partition coefficient (Wildman–Crippen LogP) is 0.468. The minimum Gasteiger partial charge on any atom is -0.330 e. The van der Waals surface area contributed by atoms with Crippen LogP contribution in [0.1, 0.15) is 6.92 Å². The Balaban J connectivity index is 3.02. The number of nitrogens with two attached hydrogens (primary N) is 1. The number of nitro benzene ring substituents is 1. The summed E-state index contributed by atoms with van der Waals surface area (Å²) in [5.41, 5.74) is 4.94. The molecular weight excluding hydrogens is 258 g/mol. The lowest BCUT2D eigenvalue weighted by Gasteiger charge is -2.10. The molecule has 1 unspecified atom stereocenters. The molecule has 1 aromatic carbocycles. The number of nitro groups is 1. The van der Waals surface area contributed by atoms with E-state index in [1.807, 2.05) is 0 Å². The van der Waals surface area contributed by atoms with Crippen LogP contribution in [0.4, 0.5) is 5.69 Å². The minimum absolute atomic E-state index is 0.0393. The second-order valence-electron chi connectivity index (χ2n) is 3.92. The summed E-state index contributed by atoms with van der Waals surface area (Å²) >= 11 is 0. The molecule has 8 heteroatoms. The van der Waals surface area contributed by atoms with Crippen LogP contribution in [0.25, 0.3) is 0 Å². The summed E-state index contributed by atoms with van der Waals surface area (Å²) in [4.78, 5) is 9.70. The quantitative estimate of drug-likeness (QED) is 0.577. The van der Waals surface area contributed by atoms with Crippen molar-refractivity contribution in [1.82, 2.24) is 4.72 Å². The van der Waals surface area contributed by atoms with Crippen LogP contribution in [-0.2, 0) is 10.0 Å². The van der Waals surface area contributed by atoms with Crippen LogP contribution in [0.2, 0.25) is 0 Å². The molecule has 0 aliphatic heterocycles. The molecule has 100 valence electrons. The summed E-state index contributed by atoms with van der Waals surface area (Å²) in [7, 11) is -3.89. The van der Waals surface area contributed by atoms with Gasteiger partial charge in [0.05, 0.1) is 4.92 Å². The first kappa shape index (κ1) is 14.6.